The molecule has 0 amide bonds. The molecule has 3 fully saturated rings. The van der Waals surface area contributed by atoms with Gasteiger partial charge in [-0.05, 0) is 81.5 Å². The second kappa shape index (κ2) is 5.88. The van der Waals surface area contributed by atoms with Gasteiger partial charge in [-0.3, -0.25) is 0 Å². The van der Waals surface area contributed by atoms with E-state index in [-0.39, 0.29) is 0 Å². The number of rotatable bonds is 3. The van der Waals surface area contributed by atoms with Crippen molar-refractivity contribution in [1.82, 2.24) is 4.90 Å². The highest BCUT2D eigenvalue weighted by Gasteiger charge is 2.42. The summed E-state index contributed by atoms with van der Waals surface area (Å²) in [5, 5.41) is 0. The molecule has 1 heterocycles. The Labute approximate surface area is 134 Å². The molecule has 2 heteroatoms. The molecule has 1 aromatic rings. The summed E-state index contributed by atoms with van der Waals surface area (Å²) in [6, 6.07) is 7.57. The Bertz CT molecular complexity index is 533. The van der Waals surface area contributed by atoms with Crippen LogP contribution in [0.25, 0.3) is 0 Å². The molecule has 0 N–H and O–H groups in total. The van der Waals surface area contributed by atoms with E-state index in [1.165, 1.54) is 62.7 Å². The lowest BCUT2D eigenvalue weighted by molar-refractivity contribution is 0.110. The molecule has 4 rings (SSSR count). The standard InChI is InChI=1S/C20H29NO/c1-14-3-6-20(22-2)18(11-14)16-7-9-21(10-8-16)19-13-15-4-5-17(19)12-15/h3,6,11,15-17,19H,4-5,7-10,12-13H2,1-2H3/t15-,17-,19-/m0/s1. The zero-order chi connectivity index (χ0) is 15.1. The van der Waals surface area contributed by atoms with Crippen LogP contribution in [0, 0.1) is 18.8 Å². The van der Waals surface area contributed by atoms with Gasteiger partial charge in [0.2, 0.25) is 0 Å². The van der Waals surface area contributed by atoms with Gasteiger partial charge in [0.05, 0.1) is 7.11 Å². The number of ether oxygens (including phenoxy) is 1. The van der Waals surface area contributed by atoms with E-state index in [1.54, 1.807) is 7.11 Å². The Morgan fingerprint density at radius 1 is 1.05 bits per heavy atom. The van der Waals surface area contributed by atoms with Crippen molar-refractivity contribution in [3.8, 4) is 5.75 Å². The first-order chi connectivity index (χ1) is 10.7. The van der Waals surface area contributed by atoms with Crippen LogP contribution < -0.4 is 4.74 Å². The summed E-state index contributed by atoms with van der Waals surface area (Å²) in [5.41, 5.74) is 2.79. The molecule has 2 saturated carbocycles. The molecule has 3 atom stereocenters. The molecule has 2 bridgehead atoms. The first-order valence-electron chi connectivity index (χ1n) is 9.13. The largest absolute Gasteiger partial charge is 0.496 e. The van der Waals surface area contributed by atoms with E-state index in [2.05, 4.69) is 30.0 Å². The summed E-state index contributed by atoms with van der Waals surface area (Å²) in [5.74, 6) is 3.85. The summed E-state index contributed by atoms with van der Waals surface area (Å²) in [6.07, 6.45) is 8.62. The van der Waals surface area contributed by atoms with Crippen LogP contribution in [0.5, 0.6) is 5.75 Å². The normalized spacial score (nSPS) is 32.5. The number of nitrogens with zero attached hydrogens (tertiary/aromatic N) is 1. The molecular formula is C20H29NO. The van der Waals surface area contributed by atoms with Gasteiger partial charge in [0, 0.05) is 6.04 Å². The van der Waals surface area contributed by atoms with Crippen LogP contribution in [0.2, 0.25) is 0 Å². The third-order valence-corrected chi connectivity index (χ3v) is 6.52. The smallest absolute Gasteiger partial charge is 0.122 e. The van der Waals surface area contributed by atoms with Gasteiger partial charge in [-0.1, -0.05) is 24.1 Å². The average Bonchev–Trinajstić information content (AvgIpc) is 3.18. The predicted molar refractivity (Wildman–Crippen MR) is 90.5 cm³/mol. The Morgan fingerprint density at radius 3 is 2.50 bits per heavy atom. The van der Waals surface area contributed by atoms with Crippen LogP contribution in [-0.4, -0.2) is 31.1 Å². The monoisotopic (exact) mass is 299 g/mol. The highest BCUT2D eigenvalue weighted by atomic mass is 16.5. The maximum Gasteiger partial charge on any atom is 0.122 e. The summed E-state index contributed by atoms with van der Waals surface area (Å²) in [6.45, 7) is 4.76. The highest BCUT2D eigenvalue weighted by Crippen LogP contribution is 2.47. The lowest BCUT2D eigenvalue weighted by atomic mass is 9.85. The minimum atomic E-state index is 0.685. The number of fused-ring (bicyclic) bond motifs is 2. The lowest BCUT2D eigenvalue weighted by Gasteiger charge is -2.40. The summed E-state index contributed by atoms with van der Waals surface area (Å²) >= 11 is 0. The fourth-order valence-corrected chi connectivity index (χ4v) is 5.37. The van der Waals surface area contributed by atoms with Crippen molar-refractivity contribution in [2.24, 2.45) is 11.8 Å². The number of hydrogen-bond acceptors (Lipinski definition) is 2. The van der Waals surface area contributed by atoms with Crippen LogP contribution >= 0.6 is 0 Å². The van der Waals surface area contributed by atoms with E-state index < -0.39 is 0 Å². The minimum absolute atomic E-state index is 0.685. The Morgan fingerprint density at radius 2 is 1.86 bits per heavy atom. The van der Waals surface area contributed by atoms with Crippen LogP contribution in [-0.2, 0) is 0 Å². The third kappa shape index (κ3) is 2.56. The Kier molecular flexibility index (Phi) is 3.89. The summed E-state index contributed by atoms with van der Waals surface area (Å²) in [4.78, 5) is 2.82. The molecule has 0 spiro atoms. The SMILES string of the molecule is COc1ccc(C)cc1C1CCN([C@H]2C[C@H]3CC[C@H]2C3)CC1. The van der Waals surface area contributed by atoms with Crippen molar-refractivity contribution in [2.75, 3.05) is 20.2 Å². The molecule has 0 radical (unpaired) electrons. The first-order valence-corrected chi connectivity index (χ1v) is 9.13. The van der Waals surface area contributed by atoms with E-state index in [0.29, 0.717) is 5.92 Å². The number of likely N-dealkylation sites (tertiary alicyclic amines) is 1. The molecule has 1 aromatic carbocycles. The van der Waals surface area contributed by atoms with Gasteiger partial charge in [-0.25, -0.2) is 0 Å². The molecule has 3 aliphatic rings. The predicted octanol–water partition coefficient (Wildman–Crippen LogP) is 4.37. The molecule has 2 aliphatic carbocycles. The summed E-state index contributed by atoms with van der Waals surface area (Å²) < 4.78 is 5.61. The second-order valence-electron chi connectivity index (χ2n) is 7.80. The van der Waals surface area contributed by atoms with E-state index >= 15 is 0 Å². The van der Waals surface area contributed by atoms with Gasteiger partial charge in [-0.2, -0.15) is 0 Å². The number of methoxy groups -OCH3 is 1. The van der Waals surface area contributed by atoms with Gasteiger partial charge >= 0.3 is 0 Å². The molecule has 1 saturated heterocycles. The van der Waals surface area contributed by atoms with Gasteiger partial charge in [-0.15, -0.1) is 0 Å². The van der Waals surface area contributed by atoms with Crippen LogP contribution in [0.15, 0.2) is 18.2 Å². The molecule has 0 aromatic heterocycles. The van der Waals surface area contributed by atoms with Gasteiger partial charge < -0.3 is 9.64 Å². The van der Waals surface area contributed by atoms with Gasteiger partial charge in [0.1, 0.15) is 5.75 Å². The number of benzene rings is 1. The number of hydrogen-bond donors (Lipinski definition) is 0. The van der Waals surface area contributed by atoms with Crippen molar-refractivity contribution < 1.29 is 4.74 Å². The topological polar surface area (TPSA) is 12.5 Å². The lowest BCUT2D eigenvalue weighted by Crippen LogP contribution is -2.43. The zero-order valence-corrected chi connectivity index (χ0v) is 14.1. The zero-order valence-electron chi connectivity index (χ0n) is 14.1. The fraction of sp³-hybridized carbons (Fsp3) is 0.700. The molecule has 2 nitrogen and oxygen atoms in total. The van der Waals surface area contributed by atoms with Crippen LogP contribution in [0.4, 0.5) is 0 Å². The van der Waals surface area contributed by atoms with Crippen LogP contribution in [0.3, 0.4) is 0 Å². The number of piperidine rings is 1. The highest BCUT2D eigenvalue weighted by molar-refractivity contribution is 5.39. The third-order valence-electron chi connectivity index (χ3n) is 6.52. The van der Waals surface area contributed by atoms with Crippen molar-refractivity contribution in [3.05, 3.63) is 29.3 Å². The Balaban J connectivity index is 1.43. The molecule has 120 valence electrons. The fourth-order valence-electron chi connectivity index (χ4n) is 5.37. The Hall–Kier alpha value is -1.02. The van der Waals surface area contributed by atoms with Gasteiger partial charge in [0.15, 0.2) is 0 Å². The van der Waals surface area contributed by atoms with Crippen molar-refractivity contribution >= 4 is 0 Å². The maximum atomic E-state index is 5.61. The van der Waals surface area contributed by atoms with E-state index in [9.17, 15) is 0 Å². The van der Waals surface area contributed by atoms with E-state index in [1.807, 2.05) is 0 Å². The second-order valence-corrected chi connectivity index (χ2v) is 7.80. The van der Waals surface area contributed by atoms with Gasteiger partial charge in [0.25, 0.3) is 0 Å². The number of aryl methyl sites for hydroxylation is 1. The minimum Gasteiger partial charge on any atom is -0.496 e. The summed E-state index contributed by atoms with van der Waals surface area (Å²) in [7, 11) is 1.80. The van der Waals surface area contributed by atoms with Crippen LogP contribution in [0.1, 0.15) is 55.6 Å². The maximum absolute atomic E-state index is 5.61. The molecule has 1 aliphatic heterocycles. The molecule has 0 unspecified atom stereocenters. The molecule has 22 heavy (non-hydrogen) atoms. The van der Waals surface area contributed by atoms with Crippen molar-refractivity contribution in [3.63, 3.8) is 0 Å². The van der Waals surface area contributed by atoms with Crippen molar-refractivity contribution in [1.29, 1.82) is 0 Å². The first kappa shape index (κ1) is 14.6. The quantitative estimate of drug-likeness (QED) is 0.821. The average molecular weight is 299 g/mol. The van der Waals surface area contributed by atoms with E-state index in [0.717, 1.165) is 23.6 Å². The van der Waals surface area contributed by atoms with E-state index in [4.69, 9.17) is 4.74 Å². The van der Waals surface area contributed by atoms with Crippen molar-refractivity contribution in [2.45, 2.75) is 57.4 Å². The molecular weight excluding hydrogens is 270 g/mol.